The van der Waals surface area contributed by atoms with Gasteiger partial charge in [-0.15, -0.1) is 0 Å². The number of halogens is 1. The Morgan fingerprint density at radius 1 is 1.23 bits per heavy atom. The molecule has 0 saturated heterocycles. The maximum absolute atomic E-state index is 14.1. The van der Waals surface area contributed by atoms with Gasteiger partial charge >= 0.3 is 0 Å². The molecule has 4 aromatic rings. The zero-order chi connectivity index (χ0) is 18.0. The number of anilines is 2. The Balaban J connectivity index is 1.90. The summed E-state index contributed by atoms with van der Waals surface area (Å²) >= 11 is 1.76. The van der Waals surface area contributed by atoms with Crippen molar-refractivity contribution in [1.82, 2.24) is 15.2 Å². The largest absolute Gasteiger partial charge is 0.397 e. The number of nitrogens with one attached hydrogen (secondary N) is 2. The zero-order valence-electron chi connectivity index (χ0n) is 14.2. The number of nitrogen functional groups attached to an aromatic ring is 1. The second-order valence-electron chi connectivity index (χ2n) is 6.54. The van der Waals surface area contributed by atoms with E-state index in [9.17, 15) is 4.39 Å². The third kappa shape index (κ3) is 2.03. The van der Waals surface area contributed by atoms with E-state index in [1.54, 1.807) is 30.2 Å². The van der Waals surface area contributed by atoms with E-state index in [1.807, 2.05) is 0 Å². The van der Waals surface area contributed by atoms with Gasteiger partial charge in [-0.3, -0.25) is 10.1 Å². The first kappa shape index (κ1) is 15.5. The summed E-state index contributed by atoms with van der Waals surface area (Å²) in [4.78, 5) is 5.75. The Hall–Kier alpha value is -2.80. The maximum atomic E-state index is 14.1. The Kier molecular flexibility index (Phi) is 3.18. The molecule has 5 rings (SSSR count). The number of fused-ring (bicyclic) bond motifs is 4. The van der Waals surface area contributed by atoms with E-state index in [0.717, 1.165) is 38.2 Å². The van der Waals surface area contributed by atoms with Crippen molar-refractivity contribution in [2.24, 2.45) is 0 Å². The monoisotopic (exact) mass is 365 g/mol. The van der Waals surface area contributed by atoms with E-state index < -0.39 is 0 Å². The molecule has 2 aromatic carbocycles. The number of pyridine rings is 1. The van der Waals surface area contributed by atoms with Gasteiger partial charge in [0.15, 0.2) is 0 Å². The summed E-state index contributed by atoms with van der Waals surface area (Å²) in [5.74, 6) is -0.330. The fourth-order valence-electron chi connectivity index (χ4n) is 3.67. The molecule has 0 fully saturated rings. The standard InChI is InChI=1S/C19H16FN5S/c1-8-5-11-15(10-3-4-13(20)17-12(10)6-23-25-17)14(21)7-22-18(11)19-16(8)24-9(2)26-19/h3-7,9,24H,21H2,1-2H3,(H,23,25). The van der Waals surface area contributed by atoms with Crippen LogP contribution in [0.5, 0.6) is 0 Å². The molecule has 5 nitrogen and oxygen atoms in total. The van der Waals surface area contributed by atoms with Crippen LogP contribution in [0.15, 0.2) is 35.5 Å². The molecule has 0 amide bonds. The van der Waals surface area contributed by atoms with Gasteiger partial charge in [0.2, 0.25) is 0 Å². The third-order valence-corrected chi connectivity index (χ3v) is 5.92. The van der Waals surface area contributed by atoms with Crippen LogP contribution in [0.25, 0.3) is 32.9 Å². The fourth-order valence-corrected chi connectivity index (χ4v) is 4.82. The van der Waals surface area contributed by atoms with Gasteiger partial charge in [-0.2, -0.15) is 5.10 Å². The highest BCUT2D eigenvalue weighted by atomic mass is 32.2. The highest BCUT2D eigenvalue weighted by molar-refractivity contribution is 8.00. The molecule has 7 heteroatoms. The van der Waals surface area contributed by atoms with Crippen LogP contribution in [0.2, 0.25) is 0 Å². The summed E-state index contributed by atoms with van der Waals surface area (Å²) in [5.41, 5.74) is 12.2. The average Bonchev–Trinajstić information content (AvgIpc) is 3.24. The normalized spacial score (nSPS) is 16.2. The van der Waals surface area contributed by atoms with E-state index in [4.69, 9.17) is 5.73 Å². The lowest BCUT2D eigenvalue weighted by atomic mass is 9.95. The van der Waals surface area contributed by atoms with Crippen LogP contribution in [0.3, 0.4) is 0 Å². The molecule has 26 heavy (non-hydrogen) atoms. The van der Waals surface area contributed by atoms with Crippen LogP contribution >= 0.6 is 11.8 Å². The van der Waals surface area contributed by atoms with E-state index in [0.29, 0.717) is 22.0 Å². The van der Waals surface area contributed by atoms with Gasteiger partial charge in [-0.1, -0.05) is 17.8 Å². The summed E-state index contributed by atoms with van der Waals surface area (Å²) in [5, 5.41) is 12.2. The summed E-state index contributed by atoms with van der Waals surface area (Å²) in [6.45, 7) is 4.21. The molecule has 0 saturated carbocycles. The van der Waals surface area contributed by atoms with Gasteiger partial charge in [0.05, 0.1) is 39.6 Å². The SMILES string of the molecule is Cc1cc2c(-c3ccc(F)c4[nH]ncc34)c(N)cnc2c2c1NC(C)S2. The maximum Gasteiger partial charge on any atom is 0.148 e. The number of H-pyrrole nitrogens is 1. The third-order valence-electron chi connectivity index (χ3n) is 4.82. The molecule has 130 valence electrons. The lowest BCUT2D eigenvalue weighted by Crippen LogP contribution is -2.03. The van der Waals surface area contributed by atoms with Crippen LogP contribution in [-0.2, 0) is 0 Å². The quantitative estimate of drug-likeness (QED) is 0.457. The van der Waals surface area contributed by atoms with Crippen LogP contribution < -0.4 is 11.1 Å². The summed E-state index contributed by atoms with van der Waals surface area (Å²) in [7, 11) is 0. The summed E-state index contributed by atoms with van der Waals surface area (Å²) in [6, 6.07) is 5.31. The lowest BCUT2D eigenvalue weighted by molar-refractivity contribution is 0.636. The van der Waals surface area contributed by atoms with Crippen LogP contribution in [-0.4, -0.2) is 20.6 Å². The van der Waals surface area contributed by atoms with Crippen molar-refractivity contribution >= 4 is 44.9 Å². The predicted octanol–water partition coefficient (Wildman–Crippen LogP) is 4.67. The number of rotatable bonds is 1. The minimum absolute atomic E-state index is 0.295. The molecule has 0 spiro atoms. The molecule has 0 radical (unpaired) electrons. The molecule has 1 aliphatic rings. The number of benzene rings is 2. The Morgan fingerprint density at radius 2 is 2.08 bits per heavy atom. The number of aromatic amines is 1. The van der Waals surface area contributed by atoms with Gasteiger partial charge in [0, 0.05) is 16.3 Å². The van der Waals surface area contributed by atoms with E-state index >= 15 is 0 Å². The predicted molar refractivity (Wildman–Crippen MR) is 105 cm³/mol. The first-order chi connectivity index (χ1) is 12.5. The minimum atomic E-state index is -0.330. The fraction of sp³-hybridized carbons (Fsp3) is 0.158. The van der Waals surface area contributed by atoms with Gasteiger partial charge in [0.25, 0.3) is 0 Å². The second-order valence-corrected chi connectivity index (χ2v) is 7.89. The van der Waals surface area contributed by atoms with Crippen molar-refractivity contribution < 1.29 is 4.39 Å². The van der Waals surface area contributed by atoms with Crippen LogP contribution in [0, 0.1) is 12.7 Å². The first-order valence-electron chi connectivity index (χ1n) is 8.31. The van der Waals surface area contributed by atoms with Crippen molar-refractivity contribution in [2.45, 2.75) is 24.1 Å². The molecular formula is C19H16FN5S. The van der Waals surface area contributed by atoms with Crippen molar-refractivity contribution in [3.63, 3.8) is 0 Å². The Bertz CT molecular complexity index is 1200. The molecule has 1 unspecified atom stereocenters. The van der Waals surface area contributed by atoms with Crippen LogP contribution in [0.4, 0.5) is 15.8 Å². The molecular weight excluding hydrogens is 349 g/mol. The van der Waals surface area contributed by atoms with Crippen molar-refractivity contribution in [3.8, 4) is 11.1 Å². The van der Waals surface area contributed by atoms with Crippen molar-refractivity contribution in [2.75, 3.05) is 11.1 Å². The lowest BCUT2D eigenvalue weighted by Gasteiger charge is -2.14. The first-order valence-corrected chi connectivity index (χ1v) is 9.19. The zero-order valence-corrected chi connectivity index (χ0v) is 15.0. The van der Waals surface area contributed by atoms with E-state index in [-0.39, 0.29) is 5.82 Å². The highest BCUT2D eigenvalue weighted by Gasteiger charge is 2.25. The second kappa shape index (κ2) is 5.35. The van der Waals surface area contributed by atoms with E-state index in [1.165, 1.54) is 6.07 Å². The van der Waals surface area contributed by atoms with Crippen LogP contribution in [0.1, 0.15) is 12.5 Å². The van der Waals surface area contributed by atoms with Gasteiger partial charge < -0.3 is 11.1 Å². The summed E-state index contributed by atoms with van der Waals surface area (Å²) < 4.78 is 14.1. The number of aromatic nitrogens is 3. The Labute approximate surface area is 153 Å². The average molecular weight is 365 g/mol. The smallest absolute Gasteiger partial charge is 0.148 e. The van der Waals surface area contributed by atoms with Crippen molar-refractivity contribution in [3.05, 3.63) is 42.0 Å². The number of aryl methyl sites for hydroxylation is 1. The van der Waals surface area contributed by atoms with Gasteiger partial charge in [0.1, 0.15) is 11.3 Å². The van der Waals surface area contributed by atoms with Gasteiger partial charge in [-0.25, -0.2) is 4.39 Å². The molecule has 1 atom stereocenters. The molecule has 4 N–H and O–H groups in total. The van der Waals surface area contributed by atoms with E-state index in [2.05, 4.69) is 40.4 Å². The number of nitrogens with zero attached hydrogens (tertiary/aromatic N) is 2. The highest BCUT2D eigenvalue weighted by Crippen LogP contribution is 2.47. The number of hydrogen-bond acceptors (Lipinski definition) is 5. The number of hydrogen-bond donors (Lipinski definition) is 3. The molecule has 3 heterocycles. The number of thioether (sulfide) groups is 1. The summed E-state index contributed by atoms with van der Waals surface area (Å²) in [6.07, 6.45) is 3.32. The molecule has 2 aromatic heterocycles. The molecule has 0 aliphatic carbocycles. The molecule has 0 bridgehead atoms. The van der Waals surface area contributed by atoms with Gasteiger partial charge in [-0.05, 0) is 37.1 Å². The number of nitrogens with two attached hydrogens (primary N) is 1. The minimum Gasteiger partial charge on any atom is -0.397 e. The Morgan fingerprint density at radius 3 is 2.92 bits per heavy atom. The topological polar surface area (TPSA) is 79.6 Å². The molecule has 1 aliphatic heterocycles. The van der Waals surface area contributed by atoms with Crippen molar-refractivity contribution in [1.29, 1.82) is 0 Å².